The minimum absolute atomic E-state index is 0.215. The van der Waals surface area contributed by atoms with E-state index in [1.165, 1.54) is 0 Å². The predicted molar refractivity (Wildman–Crippen MR) is 57.6 cm³/mol. The van der Waals surface area contributed by atoms with Crippen molar-refractivity contribution < 1.29 is 14.6 Å². The van der Waals surface area contributed by atoms with E-state index < -0.39 is 6.10 Å². The van der Waals surface area contributed by atoms with E-state index in [1.807, 2.05) is 6.07 Å². The standard InChI is InChI=1S/C12H13NO3/c13-9-11(14)7-4-8-16-12(15)10-5-2-1-3-6-10/h1-3,5-6,11,14H,4,7-8H2/t11-/m1/s1. The summed E-state index contributed by atoms with van der Waals surface area (Å²) < 4.78 is 4.96. The lowest BCUT2D eigenvalue weighted by Gasteiger charge is -2.04. The molecule has 84 valence electrons. The van der Waals surface area contributed by atoms with Crippen LogP contribution in [0.15, 0.2) is 30.3 Å². The molecule has 1 N–H and O–H groups in total. The maximum Gasteiger partial charge on any atom is 0.338 e. The number of rotatable bonds is 5. The third-order valence-corrected chi connectivity index (χ3v) is 2.01. The van der Waals surface area contributed by atoms with Crippen molar-refractivity contribution in [1.82, 2.24) is 0 Å². The van der Waals surface area contributed by atoms with Gasteiger partial charge in [-0.05, 0) is 25.0 Å². The molecule has 4 heteroatoms. The number of hydrogen-bond acceptors (Lipinski definition) is 4. The van der Waals surface area contributed by atoms with E-state index in [1.54, 1.807) is 30.3 Å². The third-order valence-electron chi connectivity index (χ3n) is 2.01. The van der Waals surface area contributed by atoms with Crippen molar-refractivity contribution >= 4 is 5.97 Å². The number of esters is 1. The number of aliphatic hydroxyl groups is 1. The monoisotopic (exact) mass is 219 g/mol. The van der Waals surface area contributed by atoms with E-state index >= 15 is 0 Å². The second-order valence-electron chi connectivity index (χ2n) is 3.29. The fourth-order valence-corrected chi connectivity index (χ4v) is 1.16. The molecular weight excluding hydrogens is 206 g/mol. The van der Waals surface area contributed by atoms with E-state index in [4.69, 9.17) is 15.1 Å². The van der Waals surface area contributed by atoms with Gasteiger partial charge in [-0.2, -0.15) is 5.26 Å². The molecule has 0 radical (unpaired) electrons. The van der Waals surface area contributed by atoms with Crippen molar-refractivity contribution in [2.24, 2.45) is 0 Å². The lowest BCUT2D eigenvalue weighted by atomic mass is 10.2. The Bertz CT molecular complexity index is 370. The van der Waals surface area contributed by atoms with Crippen LogP contribution < -0.4 is 0 Å². The van der Waals surface area contributed by atoms with Crippen LogP contribution in [0, 0.1) is 11.3 Å². The van der Waals surface area contributed by atoms with Crippen molar-refractivity contribution in [1.29, 1.82) is 5.26 Å². The molecule has 0 fully saturated rings. The Balaban J connectivity index is 2.24. The number of nitriles is 1. The molecule has 1 aromatic carbocycles. The molecule has 4 nitrogen and oxygen atoms in total. The second kappa shape index (κ2) is 6.59. The summed E-state index contributed by atoms with van der Waals surface area (Å²) in [5.41, 5.74) is 0.503. The number of carbonyl (C=O) groups excluding carboxylic acids is 1. The smallest absolute Gasteiger partial charge is 0.338 e. The lowest BCUT2D eigenvalue weighted by molar-refractivity contribution is 0.0486. The Kier molecular flexibility index (Phi) is 5.03. The SMILES string of the molecule is N#C[C@H](O)CCCOC(=O)c1ccccc1. The van der Waals surface area contributed by atoms with E-state index in [0.29, 0.717) is 18.4 Å². The van der Waals surface area contributed by atoms with Crippen LogP contribution in [-0.4, -0.2) is 23.8 Å². The minimum atomic E-state index is -0.976. The molecule has 0 aliphatic carbocycles. The minimum Gasteiger partial charge on any atom is -0.462 e. The molecule has 1 atom stereocenters. The molecule has 0 spiro atoms. The van der Waals surface area contributed by atoms with Gasteiger partial charge < -0.3 is 9.84 Å². The van der Waals surface area contributed by atoms with E-state index in [2.05, 4.69) is 0 Å². The zero-order chi connectivity index (χ0) is 11.8. The van der Waals surface area contributed by atoms with Crippen LogP contribution in [-0.2, 0) is 4.74 Å². The molecular formula is C12H13NO3. The van der Waals surface area contributed by atoms with Crippen LogP contribution in [0.1, 0.15) is 23.2 Å². The summed E-state index contributed by atoms with van der Waals surface area (Å²) in [7, 11) is 0. The van der Waals surface area contributed by atoms with Gasteiger partial charge in [0.05, 0.1) is 18.2 Å². The average Bonchev–Trinajstić information content (AvgIpc) is 2.35. The molecule has 0 amide bonds. The Labute approximate surface area is 94.1 Å². The topological polar surface area (TPSA) is 70.3 Å². The Morgan fingerprint density at radius 3 is 2.75 bits per heavy atom. The van der Waals surface area contributed by atoms with Crippen molar-refractivity contribution in [3.63, 3.8) is 0 Å². The lowest BCUT2D eigenvalue weighted by Crippen LogP contribution is -2.09. The number of benzene rings is 1. The fraction of sp³-hybridized carbons (Fsp3) is 0.333. The molecule has 0 saturated carbocycles. The number of nitrogens with zero attached hydrogens (tertiary/aromatic N) is 1. The maximum atomic E-state index is 11.4. The van der Waals surface area contributed by atoms with E-state index in [9.17, 15) is 4.79 Å². The van der Waals surface area contributed by atoms with Crippen LogP contribution in [0.5, 0.6) is 0 Å². The molecule has 0 aliphatic heterocycles. The van der Waals surface area contributed by atoms with Crippen molar-refractivity contribution in [2.75, 3.05) is 6.61 Å². The molecule has 0 heterocycles. The molecule has 1 rings (SSSR count). The highest BCUT2D eigenvalue weighted by Crippen LogP contribution is 2.03. The summed E-state index contributed by atoms with van der Waals surface area (Å²) >= 11 is 0. The first kappa shape index (κ1) is 12.2. The highest BCUT2D eigenvalue weighted by Gasteiger charge is 2.06. The molecule has 1 aromatic rings. The van der Waals surface area contributed by atoms with Gasteiger partial charge in [0.1, 0.15) is 6.10 Å². The van der Waals surface area contributed by atoms with Gasteiger partial charge in [-0.1, -0.05) is 18.2 Å². The Hall–Kier alpha value is -1.86. The summed E-state index contributed by atoms with van der Waals surface area (Å²) in [5.74, 6) is -0.382. The number of ether oxygens (including phenoxy) is 1. The van der Waals surface area contributed by atoms with Gasteiger partial charge in [-0.15, -0.1) is 0 Å². The average molecular weight is 219 g/mol. The first-order valence-electron chi connectivity index (χ1n) is 5.04. The molecule has 0 bridgehead atoms. The Morgan fingerprint density at radius 2 is 2.12 bits per heavy atom. The van der Waals surface area contributed by atoms with Crippen LogP contribution >= 0.6 is 0 Å². The van der Waals surface area contributed by atoms with Gasteiger partial charge in [0, 0.05) is 0 Å². The van der Waals surface area contributed by atoms with Crippen LogP contribution in [0.2, 0.25) is 0 Å². The zero-order valence-electron chi connectivity index (χ0n) is 8.80. The van der Waals surface area contributed by atoms with Crippen molar-refractivity contribution in [3.8, 4) is 6.07 Å². The summed E-state index contributed by atoms with van der Waals surface area (Å²) in [6, 6.07) is 10.4. The van der Waals surface area contributed by atoms with Crippen LogP contribution in [0.25, 0.3) is 0 Å². The van der Waals surface area contributed by atoms with Gasteiger partial charge in [-0.25, -0.2) is 4.79 Å². The summed E-state index contributed by atoms with van der Waals surface area (Å²) in [5, 5.41) is 17.3. The first-order chi connectivity index (χ1) is 7.74. The molecule has 0 aromatic heterocycles. The van der Waals surface area contributed by atoms with E-state index in [-0.39, 0.29) is 12.6 Å². The number of hydrogen-bond donors (Lipinski definition) is 1. The third kappa shape index (κ3) is 4.11. The normalized spacial score (nSPS) is 11.5. The van der Waals surface area contributed by atoms with E-state index in [0.717, 1.165) is 0 Å². The van der Waals surface area contributed by atoms with Crippen molar-refractivity contribution in [3.05, 3.63) is 35.9 Å². The van der Waals surface area contributed by atoms with Gasteiger partial charge >= 0.3 is 5.97 Å². The van der Waals surface area contributed by atoms with Gasteiger partial charge in [0.25, 0.3) is 0 Å². The first-order valence-corrected chi connectivity index (χ1v) is 5.04. The predicted octanol–water partition coefficient (Wildman–Crippen LogP) is 1.51. The van der Waals surface area contributed by atoms with Gasteiger partial charge in [0.15, 0.2) is 0 Å². The quantitative estimate of drug-likeness (QED) is 0.463. The largest absolute Gasteiger partial charge is 0.462 e. The fourth-order valence-electron chi connectivity index (χ4n) is 1.16. The molecule has 0 aliphatic rings. The number of aliphatic hydroxyl groups excluding tert-OH is 1. The van der Waals surface area contributed by atoms with Gasteiger partial charge in [0.2, 0.25) is 0 Å². The van der Waals surface area contributed by atoms with Gasteiger partial charge in [-0.3, -0.25) is 0 Å². The van der Waals surface area contributed by atoms with Crippen LogP contribution in [0.3, 0.4) is 0 Å². The zero-order valence-corrected chi connectivity index (χ0v) is 8.80. The summed E-state index contributed by atoms with van der Waals surface area (Å²) in [6.07, 6.45) is -0.179. The Morgan fingerprint density at radius 1 is 1.44 bits per heavy atom. The number of carbonyl (C=O) groups is 1. The van der Waals surface area contributed by atoms with Crippen molar-refractivity contribution in [2.45, 2.75) is 18.9 Å². The molecule has 0 saturated heterocycles. The highest BCUT2D eigenvalue weighted by molar-refractivity contribution is 5.89. The maximum absolute atomic E-state index is 11.4. The van der Waals surface area contributed by atoms with Crippen LogP contribution in [0.4, 0.5) is 0 Å². The molecule has 0 unspecified atom stereocenters. The summed E-state index contributed by atoms with van der Waals surface area (Å²) in [6.45, 7) is 0.215. The summed E-state index contributed by atoms with van der Waals surface area (Å²) in [4.78, 5) is 11.4. The highest BCUT2D eigenvalue weighted by atomic mass is 16.5. The second-order valence-corrected chi connectivity index (χ2v) is 3.29. The molecule has 16 heavy (non-hydrogen) atoms.